The molecule has 0 saturated heterocycles. The smallest absolute Gasteiger partial charge is 0.228 e. The Kier molecular flexibility index (Phi) is 2.68. The van der Waals surface area contributed by atoms with Gasteiger partial charge in [0.2, 0.25) is 5.91 Å². The summed E-state index contributed by atoms with van der Waals surface area (Å²) in [6.07, 6.45) is 0.289. The van der Waals surface area contributed by atoms with Crippen molar-refractivity contribution in [3.8, 4) is 0 Å². The lowest BCUT2D eigenvalue weighted by atomic mass is 9.83. The Morgan fingerprint density at radius 1 is 1.44 bits per heavy atom. The summed E-state index contributed by atoms with van der Waals surface area (Å²) in [7, 11) is 0. The van der Waals surface area contributed by atoms with Gasteiger partial charge in [-0.3, -0.25) is 9.59 Å². The quantitative estimate of drug-likeness (QED) is 0.830. The molecular weight excluding hydrogens is 216 g/mol. The van der Waals surface area contributed by atoms with Gasteiger partial charge in [0.1, 0.15) is 17.3 Å². The number of hydrogen-bond acceptors (Lipinski definition) is 2. The van der Waals surface area contributed by atoms with Crippen LogP contribution in [0.25, 0.3) is 0 Å². The number of anilines is 1. The van der Waals surface area contributed by atoms with Gasteiger partial charge in [-0.25, -0.2) is 8.78 Å². The minimum Gasteiger partial charge on any atom is -0.321 e. The molecule has 0 atom stereocenters. The van der Waals surface area contributed by atoms with Gasteiger partial charge in [0.15, 0.2) is 5.82 Å². The first-order valence-corrected chi connectivity index (χ1v) is 4.76. The monoisotopic (exact) mass is 224 g/mol. The molecule has 1 fully saturated rings. The minimum absolute atomic E-state index is 0.0132. The first kappa shape index (κ1) is 10.7. The molecule has 0 unspecified atom stereocenters. The van der Waals surface area contributed by atoms with Crippen molar-refractivity contribution in [3.05, 3.63) is 29.8 Å². The van der Waals surface area contributed by atoms with Crippen LogP contribution >= 0.6 is 0 Å². The maximum Gasteiger partial charge on any atom is 0.228 e. The van der Waals surface area contributed by atoms with Crippen LogP contribution < -0.4 is 5.32 Å². The van der Waals surface area contributed by atoms with Crippen molar-refractivity contribution in [2.24, 2.45) is 5.92 Å². The van der Waals surface area contributed by atoms with Crippen molar-refractivity contribution in [2.45, 2.75) is 12.8 Å². The maximum absolute atomic E-state index is 13.1. The van der Waals surface area contributed by atoms with Crippen molar-refractivity contribution in [1.29, 1.82) is 0 Å². The van der Waals surface area contributed by atoms with Crippen LogP contribution in [0.5, 0.6) is 0 Å². The fraction of sp³-hybridized carbons (Fsp3) is 0.273. The van der Waals surface area contributed by atoms with Gasteiger partial charge in [-0.05, 0) is 12.1 Å². The normalized spacial score (nSPS) is 15.8. The van der Waals surface area contributed by atoms with Crippen LogP contribution in [0.2, 0.25) is 0 Å². The average molecular weight is 224 g/mol. The highest BCUT2D eigenvalue weighted by atomic mass is 19.1. The zero-order valence-corrected chi connectivity index (χ0v) is 8.22. The van der Waals surface area contributed by atoms with E-state index < -0.39 is 29.1 Å². The number of halogens is 2. The average Bonchev–Trinajstić information content (AvgIpc) is 2.19. The molecule has 1 aromatic rings. The Morgan fingerprint density at radius 2 is 2.12 bits per heavy atom. The van der Waals surface area contributed by atoms with Crippen molar-refractivity contribution in [1.82, 2.24) is 0 Å². The van der Waals surface area contributed by atoms with Gasteiger partial charge in [-0.1, -0.05) is 0 Å². The SMILES string of the molecule is O=C1CC(C(=O)Nc2c(F)[c]ccc2F)C1. The molecule has 2 rings (SSSR count). The van der Waals surface area contributed by atoms with E-state index in [0.717, 1.165) is 12.1 Å². The van der Waals surface area contributed by atoms with E-state index >= 15 is 0 Å². The predicted molar refractivity (Wildman–Crippen MR) is 51.6 cm³/mol. The van der Waals surface area contributed by atoms with Crippen LogP contribution in [0.3, 0.4) is 0 Å². The molecule has 1 N–H and O–H groups in total. The van der Waals surface area contributed by atoms with E-state index in [1.54, 1.807) is 0 Å². The Morgan fingerprint density at radius 3 is 2.69 bits per heavy atom. The minimum atomic E-state index is -0.945. The van der Waals surface area contributed by atoms with Crippen LogP contribution in [-0.4, -0.2) is 11.7 Å². The van der Waals surface area contributed by atoms with Crippen LogP contribution in [0, 0.1) is 23.6 Å². The third-order valence-corrected chi connectivity index (χ3v) is 2.47. The summed E-state index contributed by atoms with van der Waals surface area (Å²) in [5, 5.41) is 2.13. The first-order valence-electron chi connectivity index (χ1n) is 4.76. The number of hydrogen-bond donors (Lipinski definition) is 1. The van der Waals surface area contributed by atoms with E-state index in [1.807, 2.05) is 0 Å². The zero-order chi connectivity index (χ0) is 11.7. The molecular formula is C11H8F2NO2. The fourth-order valence-electron chi connectivity index (χ4n) is 1.46. The molecule has 1 saturated carbocycles. The number of carbonyl (C=O) groups is 2. The van der Waals surface area contributed by atoms with Gasteiger partial charge < -0.3 is 5.32 Å². The molecule has 0 aliphatic heterocycles. The lowest BCUT2D eigenvalue weighted by Crippen LogP contribution is -2.34. The Hall–Kier alpha value is -1.78. The van der Waals surface area contributed by atoms with E-state index in [0.29, 0.717) is 0 Å². The van der Waals surface area contributed by atoms with Crippen molar-refractivity contribution < 1.29 is 18.4 Å². The molecule has 1 radical (unpaired) electrons. The second-order valence-corrected chi connectivity index (χ2v) is 3.65. The molecule has 5 heteroatoms. The third kappa shape index (κ3) is 1.93. The lowest BCUT2D eigenvalue weighted by Gasteiger charge is -2.22. The molecule has 0 aromatic heterocycles. The molecule has 83 valence electrons. The van der Waals surface area contributed by atoms with Crippen LogP contribution in [0.4, 0.5) is 14.5 Å². The summed E-state index contributed by atoms with van der Waals surface area (Å²) in [4.78, 5) is 22.1. The summed E-state index contributed by atoms with van der Waals surface area (Å²) in [6, 6.07) is 4.24. The van der Waals surface area contributed by atoms with Gasteiger partial charge in [0, 0.05) is 18.9 Å². The predicted octanol–water partition coefficient (Wildman–Crippen LogP) is 1.68. The second-order valence-electron chi connectivity index (χ2n) is 3.65. The molecule has 1 aliphatic rings. The highest BCUT2D eigenvalue weighted by Gasteiger charge is 2.33. The summed E-state index contributed by atoms with van der Waals surface area (Å²) < 4.78 is 26.2. The standard InChI is InChI=1S/C11H8F2NO2/c12-8-2-1-3-9(13)10(8)14-11(16)6-4-7(15)5-6/h1-2,6H,4-5H2,(H,14,16). The third-order valence-electron chi connectivity index (χ3n) is 2.47. The van der Waals surface area contributed by atoms with Crippen LogP contribution in [0.1, 0.15) is 12.8 Å². The number of rotatable bonds is 2. The molecule has 1 amide bonds. The van der Waals surface area contributed by atoms with E-state index in [4.69, 9.17) is 0 Å². The molecule has 0 spiro atoms. The number of carbonyl (C=O) groups excluding carboxylic acids is 2. The summed E-state index contributed by atoms with van der Waals surface area (Å²) in [6.45, 7) is 0. The summed E-state index contributed by atoms with van der Waals surface area (Å²) >= 11 is 0. The van der Waals surface area contributed by atoms with Crippen molar-refractivity contribution >= 4 is 17.4 Å². The lowest BCUT2D eigenvalue weighted by molar-refractivity contribution is -0.135. The van der Waals surface area contributed by atoms with E-state index in [-0.39, 0.29) is 18.6 Å². The van der Waals surface area contributed by atoms with Gasteiger partial charge in [-0.15, -0.1) is 0 Å². The maximum atomic E-state index is 13.1. The second kappa shape index (κ2) is 4.00. The Labute approximate surface area is 90.5 Å². The van der Waals surface area contributed by atoms with E-state index in [1.165, 1.54) is 0 Å². The van der Waals surface area contributed by atoms with E-state index in [9.17, 15) is 18.4 Å². The molecule has 3 nitrogen and oxygen atoms in total. The fourth-order valence-corrected chi connectivity index (χ4v) is 1.46. The molecule has 1 aliphatic carbocycles. The Balaban J connectivity index is 2.09. The van der Waals surface area contributed by atoms with Crippen LogP contribution in [-0.2, 0) is 9.59 Å². The number of ketones is 1. The topological polar surface area (TPSA) is 46.2 Å². The molecule has 16 heavy (non-hydrogen) atoms. The molecule has 0 bridgehead atoms. The van der Waals surface area contributed by atoms with Gasteiger partial charge in [0.25, 0.3) is 0 Å². The molecule has 1 aromatic carbocycles. The Bertz CT molecular complexity index is 431. The van der Waals surface area contributed by atoms with Gasteiger partial charge >= 0.3 is 0 Å². The first-order chi connectivity index (χ1) is 7.58. The highest BCUT2D eigenvalue weighted by Crippen LogP contribution is 2.25. The molecule has 0 heterocycles. The summed E-state index contributed by atoms with van der Waals surface area (Å²) in [5.74, 6) is -2.81. The number of nitrogens with one attached hydrogen (secondary N) is 1. The number of Topliss-reactive ketones (excluding diaryl/α,β-unsaturated/α-hetero) is 1. The number of benzene rings is 1. The number of amides is 1. The van der Waals surface area contributed by atoms with Crippen molar-refractivity contribution in [3.63, 3.8) is 0 Å². The zero-order valence-electron chi connectivity index (χ0n) is 8.22. The van der Waals surface area contributed by atoms with E-state index in [2.05, 4.69) is 11.4 Å². The van der Waals surface area contributed by atoms with Crippen LogP contribution in [0.15, 0.2) is 12.1 Å². The van der Waals surface area contributed by atoms with Gasteiger partial charge in [-0.2, -0.15) is 0 Å². The van der Waals surface area contributed by atoms with Crippen molar-refractivity contribution in [2.75, 3.05) is 5.32 Å². The highest BCUT2D eigenvalue weighted by molar-refractivity contribution is 6.02. The largest absolute Gasteiger partial charge is 0.321 e. The van der Waals surface area contributed by atoms with Gasteiger partial charge in [0.05, 0.1) is 5.92 Å². The summed E-state index contributed by atoms with van der Waals surface area (Å²) in [5.41, 5.74) is -0.508.